The van der Waals surface area contributed by atoms with Crippen molar-refractivity contribution in [1.29, 1.82) is 0 Å². The fourth-order valence-electron chi connectivity index (χ4n) is 0.806. The number of halogens is 1. The maximum atomic E-state index is 5.72. The van der Waals surface area contributed by atoms with Gasteiger partial charge >= 0.3 is 0 Å². The van der Waals surface area contributed by atoms with Crippen LogP contribution in [-0.2, 0) is 0 Å². The summed E-state index contributed by atoms with van der Waals surface area (Å²) in [5, 5.41) is 0.368. The number of hydrogen-bond acceptors (Lipinski definition) is 3. The minimum atomic E-state index is 0.368. The van der Waals surface area contributed by atoms with Gasteiger partial charge < -0.3 is 4.23 Å². The van der Waals surface area contributed by atoms with Crippen LogP contribution in [0.1, 0.15) is 0 Å². The van der Waals surface area contributed by atoms with Crippen molar-refractivity contribution >= 4 is 33.2 Å². The molecule has 2 aromatic heterocycles. The Morgan fingerprint density at radius 3 is 2.91 bits per heavy atom. The lowest BCUT2D eigenvalue weighted by atomic mass is 10.6. The lowest BCUT2D eigenvalue weighted by Crippen LogP contribution is -1.90. The van der Waals surface area contributed by atoms with Crippen molar-refractivity contribution in [3.05, 3.63) is 17.8 Å². The van der Waals surface area contributed by atoms with Crippen LogP contribution in [0.5, 0.6) is 0 Å². The normalized spacial score (nSPS) is 10.7. The van der Waals surface area contributed by atoms with Crippen LogP contribution in [0, 0.1) is 0 Å². The van der Waals surface area contributed by atoms with Crippen molar-refractivity contribution in [3.63, 3.8) is 0 Å². The van der Waals surface area contributed by atoms with Gasteiger partial charge in [-0.05, 0) is 0 Å². The van der Waals surface area contributed by atoms with E-state index < -0.39 is 0 Å². The largest absolute Gasteiger partial charge is 0.345 e. The average Bonchev–Trinajstić information content (AvgIpc) is 2.35. The SMILES string of the molecule is [Si]n1cnc2c(Cl)ncnc21. The van der Waals surface area contributed by atoms with E-state index in [1.807, 2.05) is 0 Å². The van der Waals surface area contributed by atoms with E-state index in [2.05, 4.69) is 25.4 Å². The Morgan fingerprint density at radius 1 is 1.36 bits per heavy atom. The molecular formula is C5H2ClN4Si. The lowest BCUT2D eigenvalue weighted by molar-refractivity contribution is 1.17. The van der Waals surface area contributed by atoms with E-state index >= 15 is 0 Å². The second kappa shape index (κ2) is 2.28. The Kier molecular flexibility index (Phi) is 1.40. The molecule has 2 rings (SSSR count). The molecule has 0 unspecified atom stereocenters. The van der Waals surface area contributed by atoms with Crippen molar-refractivity contribution in [2.24, 2.45) is 0 Å². The van der Waals surface area contributed by atoms with Crippen LogP contribution < -0.4 is 0 Å². The molecule has 2 heterocycles. The summed E-state index contributed by atoms with van der Waals surface area (Å²) >= 11 is 5.72. The quantitative estimate of drug-likeness (QED) is 0.437. The van der Waals surface area contributed by atoms with Crippen molar-refractivity contribution < 1.29 is 0 Å². The number of imidazole rings is 1. The van der Waals surface area contributed by atoms with E-state index in [-0.39, 0.29) is 0 Å². The molecule has 11 heavy (non-hydrogen) atoms. The van der Waals surface area contributed by atoms with Gasteiger partial charge in [0, 0.05) is 0 Å². The van der Waals surface area contributed by atoms with Crippen LogP contribution in [0.25, 0.3) is 11.2 Å². The van der Waals surface area contributed by atoms with E-state index in [1.54, 1.807) is 10.6 Å². The van der Waals surface area contributed by atoms with Gasteiger partial charge in [-0.15, -0.1) is 0 Å². The predicted molar refractivity (Wildman–Crippen MR) is 41.5 cm³/mol. The third-order valence-corrected chi connectivity index (χ3v) is 1.89. The molecule has 0 atom stereocenters. The first kappa shape index (κ1) is 6.75. The van der Waals surface area contributed by atoms with Crippen LogP contribution in [0.15, 0.2) is 12.7 Å². The van der Waals surface area contributed by atoms with Gasteiger partial charge in [-0.2, -0.15) is 0 Å². The smallest absolute Gasteiger partial charge is 0.199 e. The molecule has 4 nitrogen and oxygen atoms in total. The molecule has 0 saturated carbocycles. The van der Waals surface area contributed by atoms with Crippen LogP contribution in [0.2, 0.25) is 5.15 Å². The van der Waals surface area contributed by atoms with Gasteiger partial charge in [0.2, 0.25) is 0 Å². The maximum absolute atomic E-state index is 5.72. The molecule has 0 spiro atoms. The van der Waals surface area contributed by atoms with Crippen LogP contribution >= 0.6 is 11.6 Å². The average molecular weight is 182 g/mol. The Morgan fingerprint density at radius 2 is 2.18 bits per heavy atom. The van der Waals surface area contributed by atoms with Crippen LogP contribution in [-0.4, -0.2) is 29.6 Å². The van der Waals surface area contributed by atoms with E-state index in [0.717, 1.165) is 0 Å². The zero-order valence-electron chi connectivity index (χ0n) is 5.32. The fraction of sp³-hybridized carbons (Fsp3) is 0. The highest BCUT2D eigenvalue weighted by molar-refractivity contribution is 6.33. The van der Waals surface area contributed by atoms with E-state index in [4.69, 9.17) is 11.6 Å². The minimum Gasteiger partial charge on any atom is -0.345 e. The minimum absolute atomic E-state index is 0.368. The molecule has 0 bridgehead atoms. The molecule has 2 aromatic rings. The molecule has 0 N–H and O–H groups in total. The highest BCUT2D eigenvalue weighted by atomic mass is 35.5. The molecule has 0 amide bonds. The Bertz CT molecular complexity index is 398. The summed E-state index contributed by atoms with van der Waals surface area (Å²) in [6.07, 6.45) is 2.96. The molecule has 53 valence electrons. The summed E-state index contributed by atoms with van der Waals surface area (Å²) in [7, 11) is 3.26. The zero-order chi connectivity index (χ0) is 7.84. The summed E-state index contributed by atoms with van der Waals surface area (Å²) in [6.45, 7) is 0. The second-order valence-corrected chi connectivity index (χ2v) is 2.79. The molecule has 0 saturated heterocycles. The molecule has 0 aliphatic heterocycles. The van der Waals surface area contributed by atoms with E-state index in [9.17, 15) is 0 Å². The number of rotatable bonds is 0. The predicted octanol–water partition coefficient (Wildman–Crippen LogP) is 0.411. The van der Waals surface area contributed by atoms with Crippen molar-refractivity contribution in [3.8, 4) is 0 Å². The topological polar surface area (TPSA) is 43.6 Å². The Labute approximate surface area is 70.7 Å². The third kappa shape index (κ3) is 0.927. The zero-order valence-corrected chi connectivity index (χ0v) is 7.08. The van der Waals surface area contributed by atoms with Gasteiger partial charge in [0.05, 0.1) is 6.33 Å². The standard InChI is InChI=1S/C5H2ClN4Si/c6-4-3-5(8-1-7-4)10(11)2-9-3/h1-2H. The summed E-state index contributed by atoms with van der Waals surface area (Å²) in [6, 6.07) is 0. The van der Waals surface area contributed by atoms with Gasteiger partial charge in [0.1, 0.15) is 11.8 Å². The maximum Gasteiger partial charge on any atom is 0.199 e. The fourth-order valence-corrected chi connectivity index (χ4v) is 1.20. The number of fused-ring (bicyclic) bond motifs is 1. The summed E-state index contributed by atoms with van der Waals surface area (Å²) in [5.74, 6) is 0. The first-order chi connectivity index (χ1) is 5.29. The van der Waals surface area contributed by atoms with Gasteiger partial charge in [-0.3, -0.25) is 0 Å². The van der Waals surface area contributed by atoms with Crippen LogP contribution in [0.3, 0.4) is 0 Å². The highest BCUT2D eigenvalue weighted by Gasteiger charge is 2.04. The molecule has 6 heteroatoms. The van der Waals surface area contributed by atoms with Gasteiger partial charge in [-0.1, -0.05) is 11.6 Å². The van der Waals surface area contributed by atoms with Gasteiger partial charge in [-0.25, -0.2) is 15.0 Å². The number of nitrogens with zero attached hydrogens (tertiary/aromatic N) is 4. The third-order valence-electron chi connectivity index (χ3n) is 1.29. The molecule has 0 aliphatic carbocycles. The second-order valence-electron chi connectivity index (χ2n) is 1.95. The first-order valence-electron chi connectivity index (χ1n) is 2.84. The Hall–Kier alpha value is -0.943. The number of hydrogen-bond donors (Lipinski definition) is 0. The van der Waals surface area contributed by atoms with Crippen molar-refractivity contribution in [2.75, 3.05) is 0 Å². The van der Waals surface area contributed by atoms with Crippen LogP contribution in [0.4, 0.5) is 0 Å². The summed E-state index contributed by atoms with van der Waals surface area (Å²) < 4.78 is 1.60. The molecule has 3 radical (unpaired) electrons. The van der Waals surface area contributed by atoms with Crippen molar-refractivity contribution in [1.82, 2.24) is 19.2 Å². The molecule has 0 fully saturated rings. The summed E-state index contributed by atoms with van der Waals surface area (Å²) in [5.41, 5.74) is 1.27. The van der Waals surface area contributed by atoms with Gasteiger partial charge in [0.15, 0.2) is 21.2 Å². The highest BCUT2D eigenvalue weighted by Crippen LogP contribution is 2.15. The Balaban J connectivity index is 2.94. The summed E-state index contributed by atoms with van der Waals surface area (Å²) in [4.78, 5) is 11.7. The molecular weight excluding hydrogens is 180 g/mol. The van der Waals surface area contributed by atoms with E-state index in [1.165, 1.54) is 6.33 Å². The van der Waals surface area contributed by atoms with Gasteiger partial charge in [0.25, 0.3) is 0 Å². The van der Waals surface area contributed by atoms with Crippen molar-refractivity contribution in [2.45, 2.75) is 0 Å². The number of aromatic nitrogens is 4. The monoisotopic (exact) mass is 181 g/mol. The molecule has 0 aromatic carbocycles. The van der Waals surface area contributed by atoms with E-state index in [0.29, 0.717) is 16.3 Å². The first-order valence-corrected chi connectivity index (χ1v) is 3.66. The molecule has 0 aliphatic rings. The lowest BCUT2D eigenvalue weighted by Gasteiger charge is -1.91.